The number of benzene rings is 1. The van der Waals surface area contributed by atoms with Crippen LogP contribution in [0.15, 0.2) is 41.0 Å². The van der Waals surface area contributed by atoms with Gasteiger partial charge in [0.25, 0.3) is 0 Å². The lowest BCUT2D eigenvalue weighted by Gasteiger charge is -2.27. The van der Waals surface area contributed by atoms with Gasteiger partial charge in [0.2, 0.25) is 5.88 Å². The van der Waals surface area contributed by atoms with Crippen molar-refractivity contribution >= 4 is 18.6 Å². The molecule has 1 unspecified atom stereocenters. The van der Waals surface area contributed by atoms with Gasteiger partial charge in [0.05, 0.1) is 25.2 Å². The topological polar surface area (TPSA) is 135 Å². The van der Waals surface area contributed by atoms with Crippen LogP contribution in [0, 0.1) is 11.3 Å². The van der Waals surface area contributed by atoms with Gasteiger partial charge in [0.1, 0.15) is 23.2 Å². The van der Waals surface area contributed by atoms with Crippen LogP contribution in [0.25, 0.3) is 0 Å². The zero-order valence-corrected chi connectivity index (χ0v) is 14.6. The van der Waals surface area contributed by atoms with E-state index in [-0.39, 0.29) is 40.6 Å². The minimum Gasteiger partial charge on any atom is -0.497 e. The molecule has 0 amide bonds. The van der Waals surface area contributed by atoms with Crippen LogP contribution in [-0.4, -0.2) is 36.9 Å². The van der Waals surface area contributed by atoms with Crippen LogP contribution in [0.4, 0.5) is 0 Å². The third kappa shape index (κ3) is 3.52. The normalized spacial score (nSPS) is 16.7. The van der Waals surface area contributed by atoms with Crippen molar-refractivity contribution in [3.05, 3.63) is 46.6 Å². The summed E-state index contributed by atoms with van der Waals surface area (Å²) >= 11 is 0. The maximum Gasteiger partial charge on any atom is 0.492 e. The lowest BCUT2D eigenvalue weighted by atomic mass is 9.75. The Bertz CT molecular complexity index is 825. The molecular weight excluding hydrogens is 339 g/mol. The van der Waals surface area contributed by atoms with Gasteiger partial charge in [-0.3, -0.25) is 0 Å². The fourth-order valence-corrected chi connectivity index (χ4v) is 2.82. The fraction of sp³-hybridized carbons (Fsp3) is 0.294. The van der Waals surface area contributed by atoms with E-state index < -0.39 is 19.0 Å². The van der Waals surface area contributed by atoms with E-state index in [2.05, 4.69) is 0 Å². The highest BCUT2D eigenvalue weighted by molar-refractivity contribution is 6.59. The average molecular weight is 358 g/mol. The van der Waals surface area contributed by atoms with E-state index in [4.69, 9.17) is 19.9 Å². The molecule has 0 saturated carbocycles. The van der Waals surface area contributed by atoms with Crippen molar-refractivity contribution in [1.29, 1.82) is 5.26 Å². The Morgan fingerprint density at radius 3 is 2.69 bits per heavy atom. The van der Waals surface area contributed by atoms with Gasteiger partial charge in [-0.1, -0.05) is 12.1 Å². The Morgan fingerprint density at radius 1 is 1.46 bits per heavy atom. The van der Waals surface area contributed by atoms with E-state index in [1.807, 2.05) is 6.07 Å². The number of hydrogen-bond donors (Lipinski definition) is 3. The lowest BCUT2D eigenvalue weighted by molar-refractivity contribution is -0.139. The predicted octanol–water partition coefficient (Wildman–Crippen LogP) is 0.0198. The first-order valence-corrected chi connectivity index (χ1v) is 7.85. The largest absolute Gasteiger partial charge is 0.497 e. The number of methoxy groups -OCH3 is 1. The van der Waals surface area contributed by atoms with Gasteiger partial charge in [-0.2, -0.15) is 5.26 Å². The van der Waals surface area contributed by atoms with Crippen molar-refractivity contribution in [2.75, 3.05) is 13.7 Å². The number of rotatable bonds is 5. The summed E-state index contributed by atoms with van der Waals surface area (Å²) in [7, 11) is -0.408. The molecule has 0 bridgehead atoms. The molecule has 0 radical (unpaired) electrons. The molecular formula is C17H19BN2O6. The molecule has 26 heavy (non-hydrogen) atoms. The van der Waals surface area contributed by atoms with E-state index in [1.54, 1.807) is 19.9 Å². The number of hydrogen-bond acceptors (Lipinski definition) is 8. The van der Waals surface area contributed by atoms with Gasteiger partial charge in [-0.05, 0) is 25.5 Å². The summed E-state index contributed by atoms with van der Waals surface area (Å²) in [6.45, 7) is 3.35. The standard InChI is InChI=1S/C17H19BN2O6/c1-4-25-17(21)14-9(2)26-16(20)11(8-19)15(14)10-5-6-13(24-3)12(7-10)18(22)23/h5-7,15,22-23H,4,20H2,1-3H3. The molecule has 1 heterocycles. The zero-order valence-electron chi connectivity index (χ0n) is 14.6. The highest BCUT2D eigenvalue weighted by Crippen LogP contribution is 2.39. The molecule has 2 rings (SSSR count). The van der Waals surface area contributed by atoms with Gasteiger partial charge in [-0.25, -0.2) is 4.79 Å². The molecule has 8 nitrogen and oxygen atoms in total. The summed E-state index contributed by atoms with van der Waals surface area (Å²) in [5.74, 6) is -1.16. The second-order valence-electron chi connectivity index (χ2n) is 5.49. The van der Waals surface area contributed by atoms with Crippen molar-refractivity contribution in [2.45, 2.75) is 19.8 Å². The fourth-order valence-electron chi connectivity index (χ4n) is 2.82. The van der Waals surface area contributed by atoms with Crippen molar-refractivity contribution in [3.8, 4) is 11.8 Å². The predicted molar refractivity (Wildman–Crippen MR) is 92.8 cm³/mol. The van der Waals surface area contributed by atoms with E-state index in [1.165, 1.54) is 19.2 Å². The maximum absolute atomic E-state index is 12.4. The molecule has 1 aliphatic rings. The van der Waals surface area contributed by atoms with E-state index in [9.17, 15) is 20.1 Å². The molecule has 0 saturated heterocycles. The maximum atomic E-state index is 12.4. The molecule has 1 aromatic rings. The monoisotopic (exact) mass is 358 g/mol. The third-order valence-corrected chi connectivity index (χ3v) is 3.97. The van der Waals surface area contributed by atoms with E-state index in [0.717, 1.165) is 0 Å². The Labute approximate surface area is 151 Å². The second kappa shape index (κ2) is 7.95. The number of carbonyl (C=O) groups is 1. The van der Waals surface area contributed by atoms with Crippen LogP contribution in [0.5, 0.6) is 5.75 Å². The smallest absolute Gasteiger partial charge is 0.492 e. The van der Waals surface area contributed by atoms with Crippen LogP contribution in [0.1, 0.15) is 25.3 Å². The molecule has 9 heteroatoms. The molecule has 1 aromatic carbocycles. The summed E-state index contributed by atoms with van der Waals surface area (Å²) in [6, 6.07) is 6.53. The van der Waals surface area contributed by atoms with Crippen LogP contribution >= 0.6 is 0 Å². The quantitative estimate of drug-likeness (QED) is 0.495. The van der Waals surface area contributed by atoms with Crippen LogP contribution < -0.4 is 15.9 Å². The Hall–Kier alpha value is -2.96. The number of nitrogens with two attached hydrogens (primary N) is 1. The summed E-state index contributed by atoms with van der Waals surface area (Å²) in [5.41, 5.74) is 6.51. The highest BCUT2D eigenvalue weighted by atomic mass is 16.5. The van der Waals surface area contributed by atoms with Crippen LogP contribution in [0.3, 0.4) is 0 Å². The zero-order chi connectivity index (χ0) is 19.4. The van der Waals surface area contributed by atoms with E-state index >= 15 is 0 Å². The molecule has 0 aromatic heterocycles. The number of esters is 1. The van der Waals surface area contributed by atoms with Gasteiger partial charge < -0.3 is 30.0 Å². The van der Waals surface area contributed by atoms with Crippen molar-refractivity contribution in [1.82, 2.24) is 0 Å². The molecule has 1 atom stereocenters. The third-order valence-electron chi connectivity index (χ3n) is 3.97. The second-order valence-corrected chi connectivity index (χ2v) is 5.49. The number of carbonyl (C=O) groups excluding carboxylic acids is 1. The van der Waals surface area contributed by atoms with Crippen LogP contribution in [-0.2, 0) is 14.3 Å². The average Bonchev–Trinajstić information content (AvgIpc) is 2.60. The van der Waals surface area contributed by atoms with Gasteiger partial charge in [0, 0.05) is 5.46 Å². The first kappa shape index (κ1) is 19.4. The molecule has 1 aliphatic heterocycles. The summed E-state index contributed by atoms with van der Waals surface area (Å²) in [5, 5.41) is 28.7. The summed E-state index contributed by atoms with van der Waals surface area (Å²) in [4.78, 5) is 12.4. The molecule has 4 N–H and O–H groups in total. The molecule has 0 spiro atoms. The molecule has 0 aliphatic carbocycles. The van der Waals surface area contributed by atoms with Gasteiger partial charge >= 0.3 is 13.1 Å². The summed E-state index contributed by atoms with van der Waals surface area (Å²) in [6.07, 6.45) is 0. The minimum atomic E-state index is -1.80. The summed E-state index contributed by atoms with van der Waals surface area (Å²) < 4.78 is 15.5. The molecule has 136 valence electrons. The van der Waals surface area contributed by atoms with Gasteiger partial charge in [0.15, 0.2) is 0 Å². The van der Waals surface area contributed by atoms with Crippen molar-refractivity contribution in [3.63, 3.8) is 0 Å². The van der Waals surface area contributed by atoms with Crippen molar-refractivity contribution < 1.29 is 29.1 Å². The highest BCUT2D eigenvalue weighted by Gasteiger charge is 2.37. The first-order chi connectivity index (χ1) is 12.3. The van der Waals surface area contributed by atoms with Crippen molar-refractivity contribution in [2.24, 2.45) is 5.73 Å². The van der Waals surface area contributed by atoms with Gasteiger partial charge in [-0.15, -0.1) is 0 Å². The molecule has 0 fully saturated rings. The number of ether oxygens (including phenoxy) is 3. The minimum absolute atomic E-state index is 0.0298. The number of nitrogens with zero attached hydrogens (tertiary/aromatic N) is 1. The van der Waals surface area contributed by atoms with E-state index in [0.29, 0.717) is 5.56 Å². The Morgan fingerprint density at radius 2 is 2.15 bits per heavy atom. The number of nitriles is 1. The Balaban J connectivity index is 2.68. The Kier molecular flexibility index (Phi) is 5.92. The number of allylic oxidation sites excluding steroid dienone is 2. The lowest BCUT2D eigenvalue weighted by Crippen LogP contribution is -2.32. The first-order valence-electron chi connectivity index (χ1n) is 7.85. The SMILES string of the molecule is CCOC(=O)C1=C(C)OC(N)=C(C#N)C1c1ccc(OC)c(B(O)O)c1. The van der Waals surface area contributed by atoms with Crippen LogP contribution in [0.2, 0.25) is 0 Å².